The van der Waals surface area contributed by atoms with Crippen molar-refractivity contribution in [3.8, 4) is 0 Å². The maximum Gasteiger partial charge on any atom is 0.150 e. The van der Waals surface area contributed by atoms with E-state index >= 15 is 0 Å². The molecule has 1 aromatic carbocycles. The second-order valence-corrected chi connectivity index (χ2v) is 4.13. The van der Waals surface area contributed by atoms with Gasteiger partial charge in [0.15, 0.2) is 0 Å². The van der Waals surface area contributed by atoms with Crippen LogP contribution < -0.4 is 0 Å². The number of carbonyl (C=O) groups is 1. The summed E-state index contributed by atoms with van der Waals surface area (Å²) in [6.07, 6.45) is 5.22. The molecule has 0 radical (unpaired) electrons. The monoisotopic (exact) mass is 215 g/mol. The molecular weight excluding hydrogens is 202 g/mol. The van der Waals surface area contributed by atoms with Crippen molar-refractivity contribution < 1.29 is 9.53 Å². The molecule has 3 nitrogen and oxygen atoms in total. The Morgan fingerprint density at radius 2 is 2.31 bits per heavy atom. The first-order valence-corrected chi connectivity index (χ1v) is 5.56. The zero-order valence-corrected chi connectivity index (χ0v) is 8.93. The van der Waals surface area contributed by atoms with Crippen LogP contribution in [0.15, 0.2) is 30.5 Å². The molecule has 2 aromatic rings. The Kier molecular flexibility index (Phi) is 2.26. The van der Waals surface area contributed by atoms with Crippen molar-refractivity contribution in [2.45, 2.75) is 19.1 Å². The predicted octanol–water partition coefficient (Wildman–Crippen LogP) is 2.76. The number of ether oxygens (including phenoxy) is 1. The van der Waals surface area contributed by atoms with Crippen LogP contribution in [0, 0.1) is 0 Å². The molecule has 0 aliphatic carbocycles. The van der Waals surface area contributed by atoms with E-state index in [2.05, 4.69) is 10.6 Å². The number of aromatic nitrogens is 1. The molecule has 16 heavy (non-hydrogen) atoms. The van der Waals surface area contributed by atoms with Gasteiger partial charge in [-0.05, 0) is 30.4 Å². The Morgan fingerprint density at radius 1 is 1.38 bits per heavy atom. The highest BCUT2D eigenvalue weighted by atomic mass is 16.5. The van der Waals surface area contributed by atoms with Gasteiger partial charge in [-0.3, -0.25) is 4.79 Å². The number of hydrogen-bond donors (Lipinski definition) is 0. The molecule has 0 bridgehead atoms. The van der Waals surface area contributed by atoms with Crippen LogP contribution in [-0.2, 0) is 4.74 Å². The molecule has 1 atom stereocenters. The average molecular weight is 215 g/mol. The Labute approximate surface area is 93.6 Å². The first-order chi connectivity index (χ1) is 7.88. The lowest BCUT2D eigenvalue weighted by Crippen LogP contribution is -2.05. The van der Waals surface area contributed by atoms with E-state index in [1.54, 1.807) is 0 Å². The van der Waals surface area contributed by atoms with Crippen molar-refractivity contribution in [3.05, 3.63) is 36.0 Å². The van der Waals surface area contributed by atoms with Crippen LogP contribution >= 0.6 is 0 Å². The normalized spacial score (nSPS) is 20.4. The fourth-order valence-corrected chi connectivity index (χ4v) is 2.27. The molecule has 3 heteroatoms. The third-order valence-electron chi connectivity index (χ3n) is 3.10. The summed E-state index contributed by atoms with van der Waals surface area (Å²) in [4.78, 5) is 10.8. The van der Waals surface area contributed by atoms with Gasteiger partial charge in [-0.1, -0.05) is 12.1 Å². The van der Waals surface area contributed by atoms with Gasteiger partial charge < -0.3 is 9.30 Å². The third kappa shape index (κ3) is 1.44. The van der Waals surface area contributed by atoms with Crippen LogP contribution in [0.5, 0.6) is 0 Å². The lowest BCUT2D eigenvalue weighted by Gasteiger charge is -2.13. The minimum Gasteiger partial charge on any atom is -0.358 e. The van der Waals surface area contributed by atoms with Crippen LogP contribution in [0.3, 0.4) is 0 Å². The molecule has 3 rings (SSSR count). The first kappa shape index (κ1) is 9.60. The molecule has 0 saturated carbocycles. The fraction of sp³-hybridized carbons (Fsp3) is 0.308. The van der Waals surface area contributed by atoms with Gasteiger partial charge in [-0.2, -0.15) is 0 Å². The van der Waals surface area contributed by atoms with Crippen molar-refractivity contribution in [2.24, 2.45) is 0 Å². The van der Waals surface area contributed by atoms with E-state index < -0.39 is 0 Å². The molecule has 1 fully saturated rings. The highest BCUT2D eigenvalue weighted by Crippen LogP contribution is 2.28. The Balaban J connectivity index is 2.13. The van der Waals surface area contributed by atoms with Gasteiger partial charge in [0.1, 0.15) is 12.5 Å². The summed E-state index contributed by atoms with van der Waals surface area (Å²) in [5.74, 6) is 0. The number of benzene rings is 1. The molecule has 0 spiro atoms. The number of nitrogens with zero attached hydrogens (tertiary/aromatic N) is 1. The van der Waals surface area contributed by atoms with E-state index in [-0.39, 0.29) is 6.23 Å². The van der Waals surface area contributed by atoms with Crippen LogP contribution in [0.2, 0.25) is 0 Å². The third-order valence-corrected chi connectivity index (χ3v) is 3.10. The molecule has 0 amide bonds. The van der Waals surface area contributed by atoms with Crippen molar-refractivity contribution in [1.82, 2.24) is 4.57 Å². The quantitative estimate of drug-likeness (QED) is 0.721. The second-order valence-electron chi connectivity index (χ2n) is 4.13. The molecule has 1 aromatic heterocycles. The SMILES string of the molecule is O=Cc1ccc2ccn(C3CCCO3)c2c1. The largest absolute Gasteiger partial charge is 0.358 e. The summed E-state index contributed by atoms with van der Waals surface area (Å²) >= 11 is 0. The smallest absolute Gasteiger partial charge is 0.150 e. The predicted molar refractivity (Wildman–Crippen MR) is 61.5 cm³/mol. The maximum absolute atomic E-state index is 10.8. The van der Waals surface area contributed by atoms with E-state index in [1.165, 1.54) is 0 Å². The maximum atomic E-state index is 10.8. The lowest BCUT2D eigenvalue weighted by molar-refractivity contribution is 0.0601. The summed E-state index contributed by atoms with van der Waals surface area (Å²) in [6.45, 7) is 0.831. The van der Waals surface area contributed by atoms with E-state index in [9.17, 15) is 4.79 Å². The Morgan fingerprint density at radius 3 is 3.06 bits per heavy atom. The minimum atomic E-state index is 0.138. The van der Waals surface area contributed by atoms with Gasteiger partial charge in [-0.25, -0.2) is 0 Å². The van der Waals surface area contributed by atoms with Crippen molar-refractivity contribution in [1.29, 1.82) is 0 Å². The minimum absolute atomic E-state index is 0.138. The van der Waals surface area contributed by atoms with Crippen molar-refractivity contribution in [3.63, 3.8) is 0 Å². The molecule has 1 aliphatic rings. The standard InChI is InChI=1S/C13H13NO2/c15-9-10-3-4-11-5-6-14(12(11)8-10)13-2-1-7-16-13/h3-6,8-9,13H,1-2,7H2. The van der Waals surface area contributed by atoms with E-state index in [4.69, 9.17) is 4.74 Å². The second kappa shape index (κ2) is 3.76. The number of rotatable bonds is 2. The molecule has 1 aliphatic heterocycles. The summed E-state index contributed by atoms with van der Waals surface area (Å²) in [5.41, 5.74) is 1.79. The first-order valence-electron chi connectivity index (χ1n) is 5.56. The van der Waals surface area contributed by atoms with Gasteiger partial charge in [0.05, 0.1) is 5.52 Å². The Bertz CT molecular complexity index is 524. The van der Waals surface area contributed by atoms with Crippen LogP contribution in [0.1, 0.15) is 29.4 Å². The molecule has 2 heterocycles. The topological polar surface area (TPSA) is 31.2 Å². The molecule has 1 unspecified atom stereocenters. The highest BCUT2D eigenvalue weighted by Gasteiger charge is 2.18. The van der Waals surface area contributed by atoms with E-state index in [1.807, 2.05) is 24.4 Å². The molecule has 82 valence electrons. The van der Waals surface area contributed by atoms with Crippen LogP contribution in [0.25, 0.3) is 10.9 Å². The van der Waals surface area contributed by atoms with E-state index in [0.29, 0.717) is 5.56 Å². The van der Waals surface area contributed by atoms with Crippen LogP contribution in [0.4, 0.5) is 0 Å². The number of hydrogen-bond acceptors (Lipinski definition) is 2. The van der Waals surface area contributed by atoms with Gasteiger partial charge in [0.2, 0.25) is 0 Å². The molecule has 1 saturated heterocycles. The summed E-state index contributed by atoms with van der Waals surface area (Å²) in [5, 5.41) is 1.15. The summed E-state index contributed by atoms with van der Waals surface area (Å²) < 4.78 is 7.77. The fourth-order valence-electron chi connectivity index (χ4n) is 2.27. The van der Waals surface area contributed by atoms with E-state index in [0.717, 1.165) is 36.6 Å². The van der Waals surface area contributed by atoms with Gasteiger partial charge in [-0.15, -0.1) is 0 Å². The number of carbonyl (C=O) groups excluding carboxylic acids is 1. The summed E-state index contributed by atoms with van der Waals surface area (Å²) in [6, 6.07) is 7.80. The zero-order chi connectivity index (χ0) is 11.0. The van der Waals surface area contributed by atoms with Gasteiger partial charge in [0.25, 0.3) is 0 Å². The Hall–Kier alpha value is -1.61. The van der Waals surface area contributed by atoms with Gasteiger partial charge >= 0.3 is 0 Å². The van der Waals surface area contributed by atoms with Crippen LogP contribution in [-0.4, -0.2) is 17.5 Å². The number of aldehydes is 1. The van der Waals surface area contributed by atoms with Crippen molar-refractivity contribution >= 4 is 17.2 Å². The average Bonchev–Trinajstić information content (AvgIpc) is 2.96. The number of fused-ring (bicyclic) bond motifs is 1. The molecular formula is C13H13NO2. The zero-order valence-electron chi connectivity index (χ0n) is 8.93. The molecule has 0 N–H and O–H groups in total. The van der Waals surface area contributed by atoms with Crippen molar-refractivity contribution in [2.75, 3.05) is 6.61 Å². The summed E-state index contributed by atoms with van der Waals surface area (Å²) in [7, 11) is 0. The lowest BCUT2D eigenvalue weighted by atomic mass is 10.2. The van der Waals surface area contributed by atoms with Gasteiger partial charge in [0, 0.05) is 18.4 Å². The highest BCUT2D eigenvalue weighted by molar-refractivity contribution is 5.87.